The lowest BCUT2D eigenvalue weighted by Crippen LogP contribution is -2.46. The topological polar surface area (TPSA) is 113 Å². The molecule has 0 bridgehead atoms. The van der Waals surface area contributed by atoms with Crippen LogP contribution in [0.25, 0.3) is 11.1 Å². The first-order chi connectivity index (χ1) is 23.3. The van der Waals surface area contributed by atoms with Crippen LogP contribution in [0.5, 0.6) is 0 Å². The van der Waals surface area contributed by atoms with Crippen LogP contribution < -0.4 is 26.6 Å². The zero-order chi connectivity index (χ0) is 33.4. The molecular weight excluding hydrogens is 604 g/mol. The van der Waals surface area contributed by atoms with Crippen LogP contribution in [-0.4, -0.2) is 98.4 Å². The van der Waals surface area contributed by atoms with Gasteiger partial charge in [-0.3, -0.25) is 14.5 Å². The number of amides is 2. The molecule has 0 aromatic heterocycles. The minimum absolute atomic E-state index is 0.0699. The Kier molecular flexibility index (Phi) is 9.35. The number of hydrogen-bond donors (Lipinski definition) is 5. The molecule has 256 valence electrons. The lowest BCUT2D eigenvalue weighted by molar-refractivity contribution is -0.121. The van der Waals surface area contributed by atoms with E-state index in [1.807, 2.05) is 38.4 Å². The van der Waals surface area contributed by atoms with Crippen LogP contribution in [0.3, 0.4) is 0 Å². The molecular formula is C37H50N8O3. The summed E-state index contributed by atoms with van der Waals surface area (Å²) in [5, 5.41) is 16.9. The second-order valence-electron chi connectivity index (χ2n) is 13.7. The molecule has 2 amide bonds. The van der Waals surface area contributed by atoms with E-state index in [0.29, 0.717) is 6.04 Å². The van der Waals surface area contributed by atoms with Crippen molar-refractivity contribution in [2.24, 2.45) is 0 Å². The van der Waals surface area contributed by atoms with Gasteiger partial charge in [0.05, 0.1) is 0 Å². The first kappa shape index (κ1) is 32.5. The number of ether oxygens (including phenoxy) is 1. The second kappa shape index (κ2) is 13.8. The van der Waals surface area contributed by atoms with Gasteiger partial charge in [0.25, 0.3) is 11.8 Å². The molecule has 0 radical (unpaired) electrons. The van der Waals surface area contributed by atoms with Crippen LogP contribution in [0.1, 0.15) is 50.2 Å². The Labute approximate surface area is 284 Å². The fourth-order valence-corrected chi connectivity index (χ4v) is 8.11. The summed E-state index contributed by atoms with van der Waals surface area (Å²) in [5.41, 5.74) is 10.5. The minimum atomic E-state index is -0.458. The number of hydrogen-bond acceptors (Lipinski definition) is 9. The number of nitrogens with zero attached hydrogens (tertiary/aromatic N) is 3. The number of anilines is 2. The van der Waals surface area contributed by atoms with Gasteiger partial charge < -0.3 is 41.1 Å². The third-order valence-corrected chi connectivity index (χ3v) is 10.8. The van der Waals surface area contributed by atoms with Gasteiger partial charge in [0, 0.05) is 107 Å². The van der Waals surface area contributed by atoms with Crippen LogP contribution in [0, 0.1) is 6.92 Å². The van der Waals surface area contributed by atoms with Gasteiger partial charge in [0.15, 0.2) is 12.3 Å². The van der Waals surface area contributed by atoms with E-state index in [9.17, 15) is 9.59 Å². The number of carbonyl (C=O) groups excluding carboxylic acids is 2. The van der Waals surface area contributed by atoms with Crippen LogP contribution >= 0.6 is 0 Å². The Hall–Kier alpha value is -4.06. The van der Waals surface area contributed by atoms with Gasteiger partial charge in [-0.15, -0.1) is 0 Å². The molecule has 5 aliphatic rings. The summed E-state index contributed by atoms with van der Waals surface area (Å²) in [6.07, 6.45) is 4.83. The highest BCUT2D eigenvalue weighted by molar-refractivity contribution is 5.98. The molecule has 0 aliphatic carbocycles. The molecule has 7 rings (SSSR count). The molecule has 2 unspecified atom stereocenters. The molecule has 11 nitrogen and oxygen atoms in total. The van der Waals surface area contributed by atoms with E-state index >= 15 is 0 Å². The van der Waals surface area contributed by atoms with Crippen molar-refractivity contribution < 1.29 is 14.3 Å². The summed E-state index contributed by atoms with van der Waals surface area (Å²) >= 11 is 0. The molecule has 2 aromatic rings. The molecule has 5 N–H and O–H groups in total. The maximum Gasteiger partial charge on any atom is 0.267 e. The summed E-state index contributed by atoms with van der Waals surface area (Å²) in [6.45, 7) is 9.41. The predicted molar refractivity (Wildman–Crippen MR) is 189 cm³/mol. The molecule has 0 spiro atoms. The Morgan fingerprint density at radius 1 is 0.875 bits per heavy atom. The Bertz CT molecular complexity index is 1630. The van der Waals surface area contributed by atoms with Gasteiger partial charge in [-0.05, 0) is 60.6 Å². The zero-order valence-corrected chi connectivity index (χ0v) is 28.7. The highest BCUT2D eigenvalue weighted by Gasteiger charge is 2.38. The van der Waals surface area contributed by atoms with E-state index in [2.05, 4.69) is 67.3 Å². The molecule has 5 aliphatic heterocycles. The van der Waals surface area contributed by atoms with Gasteiger partial charge in [0.1, 0.15) is 0 Å². The summed E-state index contributed by atoms with van der Waals surface area (Å²) in [7, 11) is 4.01. The number of rotatable bonds is 8. The monoisotopic (exact) mass is 654 g/mol. The summed E-state index contributed by atoms with van der Waals surface area (Å²) in [4.78, 5) is 34.2. The van der Waals surface area contributed by atoms with Crippen LogP contribution in [-0.2, 0) is 20.7 Å². The van der Waals surface area contributed by atoms with E-state index in [0.717, 1.165) is 123 Å². The minimum Gasteiger partial charge on any atom is -0.381 e. The standard InChI is InChI=1S/C37H50N8O3/c1-5-8-27-26(10-7-12-29(27)42-37(47)34-39-30-21-38-17-13-32(30)43(34)3)25-9-6-11-28(23(25)2)41-36(46)35-40-31-22-45(18-14-33(31)44(35)4)24-15-19-48-20-16-24/h6-7,9-12,24,34-35,38-40H,5,8,13-22H2,1-4H3,(H,41,46)(H,42,47). The predicted octanol–water partition coefficient (Wildman–Crippen LogP) is 3.51. The average molecular weight is 655 g/mol. The number of carbonyl (C=O) groups is 2. The van der Waals surface area contributed by atoms with Crippen LogP contribution in [0.4, 0.5) is 11.4 Å². The zero-order valence-electron chi connectivity index (χ0n) is 28.7. The molecule has 5 heterocycles. The maximum atomic E-state index is 13.8. The van der Waals surface area contributed by atoms with Crippen molar-refractivity contribution in [1.82, 2.24) is 30.7 Å². The largest absolute Gasteiger partial charge is 0.381 e. The first-order valence-corrected chi connectivity index (χ1v) is 17.6. The van der Waals surface area contributed by atoms with Gasteiger partial charge in [-0.25, -0.2) is 0 Å². The number of nitrogens with one attached hydrogen (secondary N) is 5. The van der Waals surface area contributed by atoms with Gasteiger partial charge in [-0.1, -0.05) is 37.6 Å². The van der Waals surface area contributed by atoms with Gasteiger partial charge in [0.2, 0.25) is 0 Å². The molecule has 48 heavy (non-hydrogen) atoms. The van der Waals surface area contributed by atoms with Crippen molar-refractivity contribution in [3.05, 3.63) is 70.3 Å². The highest BCUT2D eigenvalue weighted by atomic mass is 16.5. The quantitative estimate of drug-likeness (QED) is 0.292. The lowest BCUT2D eigenvalue weighted by atomic mass is 9.91. The molecule has 2 atom stereocenters. The molecule has 1 fully saturated rings. The van der Waals surface area contributed by atoms with Crippen molar-refractivity contribution in [3.8, 4) is 11.1 Å². The Morgan fingerprint density at radius 2 is 1.52 bits per heavy atom. The van der Waals surface area contributed by atoms with Crippen molar-refractivity contribution in [3.63, 3.8) is 0 Å². The van der Waals surface area contributed by atoms with E-state index in [-0.39, 0.29) is 11.8 Å². The van der Waals surface area contributed by atoms with Gasteiger partial charge in [-0.2, -0.15) is 0 Å². The van der Waals surface area contributed by atoms with Crippen molar-refractivity contribution >= 4 is 23.2 Å². The van der Waals surface area contributed by atoms with Crippen LogP contribution in [0.15, 0.2) is 59.2 Å². The molecule has 0 saturated carbocycles. The molecule has 11 heteroatoms. The summed E-state index contributed by atoms with van der Waals surface area (Å²) in [6, 6.07) is 12.7. The second-order valence-corrected chi connectivity index (χ2v) is 13.7. The SMILES string of the molecule is CCCc1c(NC(=O)C2NC3=C(CCNC3)N2C)cccc1-c1cccc(NC(=O)C2NC3=C(CCN(C4CCOCC4)C3)N2C)c1C. The van der Waals surface area contributed by atoms with E-state index in [1.54, 1.807) is 0 Å². The van der Waals surface area contributed by atoms with Gasteiger partial charge >= 0.3 is 0 Å². The highest BCUT2D eigenvalue weighted by Crippen LogP contribution is 2.36. The Balaban J connectivity index is 1.06. The summed E-state index contributed by atoms with van der Waals surface area (Å²) in [5.74, 6) is -0.140. The third kappa shape index (κ3) is 6.15. The smallest absolute Gasteiger partial charge is 0.267 e. The van der Waals surface area contributed by atoms with Crippen LogP contribution in [0.2, 0.25) is 0 Å². The fourth-order valence-electron chi connectivity index (χ4n) is 8.11. The normalized spacial score (nSPS) is 23.1. The number of likely N-dealkylation sites (N-methyl/N-ethyl adjacent to an activating group) is 2. The number of benzene rings is 2. The van der Waals surface area contributed by atoms with Crippen molar-refractivity contribution in [1.29, 1.82) is 0 Å². The van der Waals surface area contributed by atoms with E-state index in [1.165, 1.54) is 11.4 Å². The lowest BCUT2D eigenvalue weighted by Gasteiger charge is -2.37. The molecule has 2 aromatic carbocycles. The fraction of sp³-hybridized carbons (Fsp3) is 0.514. The third-order valence-electron chi connectivity index (χ3n) is 10.8. The Morgan fingerprint density at radius 3 is 2.23 bits per heavy atom. The molecule has 1 saturated heterocycles. The van der Waals surface area contributed by atoms with E-state index < -0.39 is 12.3 Å². The first-order valence-electron chi connectivity index (χ1n) is 17.6. The maximum absolute atomic E-state index is 13.8. The van der Waals surface area contributed by atoms with Crippen molar-refractivity contribution in [2.75, 3.05) is 64.1 Å². The van der Waals surface area contributed by atoms with Crippen molar-refractivity contribution in [2.45, 2.75) is 70.7 Å². The average Bonchev–Trinajstić information content (AvgIpc) is 3.63. The summed E-state index contributed by atoms with van der Waals surface area (Å²) < 4.78 is 5.58. The van der Waals surface area contributed by atoms with E-state index in [4.69, 9.17) is 4.74 Å².